The molecule has 3 aromatic rings. The van der Waals surface area contributed by atoms with Gasteiger partial charge in [0.25, 0.3) is 0 Å². The second-order valence-corrected chi connectivity index (χ2v) is 11.7. The van der Waals surface area contributed by atoms with E-state index in [-0.39, 0.29) is 23.7 Å². The molecule has 0 amide bonds. The number of carbonyl (C=O) groups is 1. The maximum absolute atomic E-state index is 13.3. The number of pyridine rings is 1. The summed E-state index contributed by atoms with van der Waals surface area (Å²) in [6, 6.07) is 8.81. The fourth-order valence-electron chi connectivity index (χ4n) is 4.40. The first-order valence-corrected chi connectivity index (χ1v) is 12.8. The van der Waals surface area contributed by atoms with E-state index in [1.165, 1.54) is 13.1 Å². The van der Waals surface area contributed by atoms with Crippen LogP contribution in [0.3, 0.4) is 0 Å². The Morgan fingerprint density at radius 2 is 1.97 bits per heavy atom. The van der Waals surface area contributed by atoms with E-state index in [4.69, 9.17) is 9.84 Å². The van der Waals surface area contributed by atoms with Crippen LogP contribution in [0.5, 0.6) is 5.75 Å². The summed E-state index contributed by atoms with van der Waals surface area (Å²) in [7, 11) is -3.03. The van der Waals surface area contributed by atoms with Gasteiger partial charge < -0.3 is 4.74 Å². The first-order valence-electron chi connectivity index (χ1n) is 11.0. The standard InChI is InChI=1S/C24H28FN3O4S/c1-15(2)12-28-20-9-18(21(29)10-24(4)13-33(30,31)14-24)11-26-23(20)22(27-28)17-6-5-7-19(8-17)32-16(3)25/h5-9,11,15-16H,10,12-14H2,1-4H3. The van der Waals surface area contributed by atoms with E-state index in [1.54, 1.807) is 24.3 Å². The van der Waals surface area contributed by atoms with Gasteiger partial charge in [-0.05, 0) is 24.1 Å². The van der Waals surface area contributed by atoms with E-state index in [0.29, 0.717) is 35.0 Å². The van der Waals surface area contributed by atoms with Crippen LogP contribution in [0.25, 0.3) is 22.3 Å². The Bertz CT molecular complexity index is 1300. The summed E-state index contributed by atoms with van der Waals surface area (Å²) in [6.45, 7) is 7.92. The molecule has 1 aliphatic heterocycles. The van der Waals surface area contributed by atoms with Crippen LogP contribution in [-0.2, 0) is 16.4 Å². The molecular formula is C24H28FN3O4S. The van der Waals surface area contributed by atoms with Crippen LogP contribution in [0.15, 0.2) is 36.5 Å². The Labute approximate surface area is 192 Å². The van der Waals surface area contributed by atoms with Gasteiger partial charge in [-0.25, -0.2) is 12.8 Å². The number of nitrogens with zero attached hydrogens (tertiary/aromatic N) is 3. The topological polar surface area (TPSA) is 91.2 Å². The fourth-order valence-corrected chi connectivity index (χ4v) is 6.65. The van der Waals surface area contributed by atoms with Crippen molar-refractivity contribution < 1.29 is 22.3 Å². The normalized spacial score (nSPS) is 17.6. The quantitative estimate of drug-likeness (QED) is 0.449. The number of Topliss-reactive ketones (excluding diaryl/α,β-unsaturated/α-hetero) is 1. The van der Waals surface area contributed by atoms with E-state index in [9.17, 15) is 17.6 Å². The number of fused-ring (bicyclic) bond motifs is 1. The zero-order valence-electron chi connectivity index (χ0n) is 19.2. The molecule has 4 rings (SSSR count). The van der Waals surface area contributed by atoms with Crippen molar-refractivity contribution in [1.82, 2.24) is 14.8 Å². The molecule has 1 atom stereocenters. The van der Waals surface area contributed by atoms with Crippen molar-refractivity contribution in [3.05, 3.63) is 42.1 Å². The van der Waals surface area contributed by atoms with E-state index in [0.717, 1.165) is 11.1 Å². The number of rotatable bonds is 8. The predicted molar refractivity (Wildman–Crippen MR) is 125 cm³/mol. The molecule has 0 saturated carbocycles. The SMILES string of the molecule is CC(C)Cn1nc(-c2cccc(OC(C)F)c2)c2ncc(C(=O)CC3(C)CS(=O)(=O)C3)cc21. The number of hydrogen-bond acceptors (Lipinski definition) is 6. The second kappa shape index (κ2) is 8.52. The molecule has 176 valence electrons. The number of halogens is 1. The first kappa shape index (κ1) is 23.4. The lowest BCUT2D eigenvalue weighted by atomic mass is 9.86. The van der Waals surface area contributed by atoms with Gasteiger partial charge in [-0.3, -0.25) is 14.5 Å². The minimum Gasteiger partial charge on any atom is -0.461 e. The molecule has 1 unspecified atom stereocenters. The Hall–Kier alpha value is -2.81. The minimum atomic E-state index is -3.03. The van der Waals surface area contributed by atoms with Gasteiger partial charge >= 0.3 is 0 Å². The van der Waals surface area contributed by atoms with Gasteiger partial charge in [0.05, 0.1) is 17.0 Å². The Balaban J connectivity index is 1.71. The molecule has 9 heteroatoms. The lowest BCUT2D eigenvalue weighted by Crippen LogP contribution is -2.47. The molecular weight excluding hydrogens is 445 g/mol. The van der Waals surface area contributed by atoms with Gasteiger partial charge in [-0.15, -0.1) is 0 Å². The average molecular weight is 474 g/mol. The second-order valence-electron chi connectivity index (χ2n) is 9.65. The van der Waals surface area contributed by atoms with Crippen molar-refractivity contribution in [2.45, 2.75) is 47.0 Å². The van der Waals surface area contributed by atoms with Crippen LogP contribution in [0, 0.1) is 11.3 Å². The molecule has 0 radical (unpaired) electrons. The summed E-state index contributed by atoms with van der Waals surface area (Å²) in [5.74, 6) is 0.637. The van der Waals surface area contributed by atoms with Crippen LogP contribution < -0.4 is 4.74 Å². The van der Waals surface area contributed by atoms with Crippen molar-refractivity contribution in [3.8, 4) is 17.0 Å². The van der Waals surface area contributed by atoms with Gasteiger partial charge in [0.2, 0.25) is 6.36 Å². The number of sulfone groups is 1. The smallest absolute Gasteiger partial charge is 0.235 e. The maximum Gasteiger partial charge on any atom is 0.235 e. The van der Waals surface area contributed by atoms with Gasteiger partial charge in [-0.2, -0.15) is 5.10 Å². The lowest BCUT2D eigenvalue weighted by molar-refractivity contribution is 0.0860. The van der Waals surface area contributed by atoms with Crippen molar-refractivity contribution in [3.63, 3.8) is 0 Å². The summed E-state index contributed by atoms with van der Waals surface area (Å²) in [5, 5.41) is 4.76. The predicted octanol–water partition coefficient (Wildman–Crippen LogP) is 4.46. The molecule has 3 heterocycles. The Kier molecular flexibility index (Phi) is 6.03. The third kappa shape index (κ3) is 5.08. The Morgan fingerprint density at radius 3 is 2.61 bits per heavy atom. The number of benzene rings is 1. The van der Waals surface area contributed by atoms with Gasteiger partial charge in [0, 0.05) is 42.6 Å². The summed E-state index contributed by atoms with van der Waals surface area (Å²) < 4.78 is 43.5. The van der Waals surface area contributed by atoms with Crippen LogP contribution in [-0.4, -0.2) is 46.8 Å². The number of alkyl halides is 1. The highest BCUT2D eigenvalue weighted by molar-refractivity contribution is 7.92. The molecule has 0 N–H and O–H groups in total. The summed E-state index contributed by atoms with van der Waals surface area (Å²) >= 11 is 0. The molecule has 1 saturated heterocycles. The molecule has 0 bridgehead atoms. The third-order valence-corrected chi connectivity index (χ3v) is 7.85. The first-order chi connectivity index (χ1) is 15.4. The molecule has 1 aromatic carbocycles. The molecule has 0 aliphatic carbocycles. The summed E-state index contributed by atoms with van der Waals surface area (Å²) in [6.07, 6.45) is 0.247. The van der Waals surface area contributed by atoms with Crippen LogP contribution in [0.1, 0.15) is 44.5 Å². The zero-order chi connectivity index (χ0) is 24.0. The number of ether oxygens (including phenoxy) is 1. The molecule has 2 aromatic heterocycles. The van der Waals surface area contributed by atoms with Gasteiger partial charge in [-0.1, -0.05) is 32.9 Å². The zero-order valence-corrected chi connectivity index (χ0v) is 20.0. The molecule has 1 aliphatic rings. The third-order valence-electron chi connectivity index (χ3n) is 5.58. The largest absolute Gasteiger partial charge is 0.461 e. The molecule has 0 spiro atoms. The van der Waals surface area contributed by atoms with E-state index < -0.39 is 21.6 Å². The highest BCUT2D eigenvalue weighted by atomic mass is 32.2. The van der Waals surface area contributed by atoms with Crippen LogP contribution in [0.2, 0.25) is 0 Å². The van der Waals surface area contributed by atoms with Gasteiger partial charge in [0.15, 0.2) is 15.6 Å². The van der Waals surface area contributed by atoms with E-state index in [1.807, 2.05) is 17.7 Å². The highest BCUT2D eigenvalue weighted by Crippen LogP contribution is 2.37. The number of carbonyl (C=O) groups excluding carboxylic acids is 1. The number of aromatic nitrogens is 3. The summed E-state index contributed by atoms with van der Waals surface area (Å²) in [5.41, 5.74) is 2.63. The highest BCUT2D eigenvalue weighted by Gasteiger charge is 2.45. The molecule has 1 fully saturated rings. The minimum absolute atomic E-state index is 0.0345. The molecule has 33 heavy (non-hydrogen) atoms. The van der Waals surface area contributed by atoms with Gasteiger partial charge in [0.1, 0.15) is 17.0 Å². The van der Waals surface area contributed by atoms with Crippen LogP contribution in [0.4, 0.5) is 4.39 Å². The average Bonchev–Trinajstić information content (AvgIpc) is 3.03. The van der Waals surface area contributed by atoms with Crippen molar-refractivity contribution in [2.75, 3.05) is 11.5 Å². The number of hydrogen-bond donors (Lipinski definition) is 0. The number of ketones is 1. The van der Waals surface area contributed by atoms with E-state index >= 15 is 0 Å². The van der Waals surface area contributed by atoms with Crippen molar-refractivity contribution in [2.24, 2.45) is 11.3 Å². The van der Waals surface area contributed by atoms with Crippen molar-refractivity contribution >= 4 is 26.7 Å². The molecule has 7 nitrogen and oxygen atoms in total. The van der Waals surface area contributed by atoms with Crippen LogP contribution >= 0.6 is 0 Å². The fraction of sp³-hybridized carbons (Fsp3) is 0.458. The monoisotopic (exact) mass is 473 g/mol. The summed E-state index contributed by atoms with van der Waals surface area (Å²) in [4.78, 5) is 17.5. The Morgan fingerprint density at radius 1 is 1.24 bits per heavy atom. The lowest BCUT2D eigenvalue weighted by Gasteiger charge is -2.37. The van der Waals surface area contributed by atoms with Crippen molar-refractivity contribution in [1.29, 1.82) is 0 Å². The van der Waals surface area contributed by atoms with E-state index in [2.05, 4.69) is 18.8 Å². The maximum atomic E-state index is 13.3.